The number of nitrogens with zero attached hydrogens (tertiary/aromatic N) is 8. The molecule has 0 aliphatic carbocycles. The number of amides is 2. The molecule has 2 N–H and O–H groups in total. The lowest BCUT2D eigenvalue weighted by Crippen LogP contribution is -2.58. The van der Waals surface area contributed by atoms with Gasteiger partial charge in [-0.2, -0.15) is 37.2 Å². The summed E-state index contributed by atoms with van der Waals surface area (Å²) in [4.78, 5) is 45.7. The second-order valence-electron chi connectivity index (χ2n) is 14.0. The van der Waals surface area contributed by atoms with E-state index in [0.29, 0.717) is 10.2 Å². The molecule has 5 aromatic heterocycles. The number of benzene rings is 1. The van der Waals surface area contributed by atoms with E-state index >= 15 is 8.78 Å². The number of carbonyl (C=O) groups excluding carboxylic acids is 2. The largest absolute Gasteiger partial charge is 0.435 e. The Morgan fingerprint density at radius 2 is 1.80 bits per heavy atom. The van der Waals surface area contributed by atoms with Gasteiger partial charge in [-0.1, -0.05) is 0 Å². The monoisotopic (exact) mass is 784 g/mol. The van der Waals surface area contributed by atoms with Crippen LogP contribution in [0.25, 0.3) is 33.4 Å². The topological polar surface area (TPSA) is 149 Å². The third-order valence-electron chi connectivity index (χ3n) is 9.45. The summed E-state index contributed by atoms with van der Waals surface area (Å²) in [5, 5.41) is 16.6. The molecule has 7 rings (SSSR count). The van der Waals surface area contributed by atoms with E-state index in [0.717, 1.165) is 34.1 Å². The van der Waals surface area contributed by atoms with E-state index in [1.54, 1.807) is 0 Å². The third kappa shape index (κ3) is 7.13. The summed E-state index contributed by atoms with van der Waals surface area (Å²) < 4.78 is 102. The summed E-state index contributed by atoms with van der Waals surface area (Å²) >= 11 is 0. The molecule has 13 nitrogen and oxygen atoms in total. The highest BCUT2D eigenvalue weighted by Crippen LogP contribution is 2.36. The average molecular weight is 785 g/mol. The van der Waals surface area contributed by atoms with Crippen molar-refractivity contribution in [3.63, 3.8) is 0 Å². The molecule has 20 heteroatoms. The van der Waals surface area contributed by atoms with Crippen LogP contribution in [0.1, 0.15) is 47.6 Å². The molecule has 1 aliphatic heterocycles. The fourth-order valence-electron chi connectivity index (χ4n) is 6.82. The minimum atomic E-state index is -4.84. The molecular weight excluding hydrogens is 753 g/mol. The third-order valence-corrected chi connectivity index (χ3v) is 9.45. The molecule has 0 spiro atoms. The summed E-state index contributed by atoms with van der Waals surface area (Å²) in [7, 11) is 1.43. The predicted octanol–water partition coefficient (Wildman–Crippen LogP) is 5.28. The van der Waals surface area contributed by atoms with Gasteiger partial charge >= 0.3 is 12.7 Å². The summed E-state index contributed by atoms with van der Waals surface area (Å²) in [6, 6.07) is 4.12. The number of nitrogens with one attached hydrogen (secondary N) is 2. The fourth-order valence-corrected chi connectivity index (χ4v) is 6.82. The molecule has 0 saturated carbocycles. The second-order valence-corrected chi connectivity index (χ2v) is 14.0. The number of aryl methyl sites for hydroxylation is 1. The highest BCUT2D eigenvalue weighted by Gasteiger charge is 2.40. The number of aromatic nitrogens is 8. The van der Waals surface area contributed by atoms with E-state index < -0.39 is 64.6 Å². The van der Waals surface area contributed by atoms with Crippen LogP contribution in [0.2, 0.25) is 0 Å². The zero-order valence-corrected chi connectivity index (χ0v) is 29.7. The van der Waals surface area contributed by atoms with Gasteiger partial charge in [0, 0.05) is 49.6 Å². The number of rotatable bonds is 10. The Morgan fingerprint density at radius 1 is 1.04 bits per heavy atom. The lowest BCUT2D eigenvalue weighted by molar-refractivity contribution is -0.141. The standard InChI is InChI=1S/C36H31F7N10O3/c1-35(2,17-53-25(11-27(49-53)36(41,42)43)19-4-7-28(54)50(3)16-19)47-32(55)26(10-18-12-46-52(15-18)34(39)40)51-9-8-20-21(5-6-23(37)29(20)33(51)56)31-30(38)22-13-45-48-24(22)14-44-31/h4-7,11-16,26,34H,8-10,17H2,1-3H3,(H,45,48)(H,47,55). The van der Waals surface area contributed by atoms with Gasteiger partial charge in [0.25, 0.3) is 5.91 Å². The van der Waals surface area contributed by atoms with Gasteiger partial charge in [-0.05, 0) is 55.7 Å². The Bertz CT molecular complexity index is 2550. The van der Waals surface area contributed by atoms with Crippen LogP contribution in [0.3, 0.4) is 0 Å². The smallest absolute Gasteiger partial charge is 0.348 e. The van der Waals surface area contributed by atoms with Crippen molar-refractivity contribution in [2.45, 2.75) is 57.5 Å². The van der Waals surface area contributed by atoms with Crippen molar-refractivity contribution in [2.24, 2.45) is 7.05 Å². The number of alkyl halides is 5. The van der Waals surface area contributed by atoms with Crippen LogP contribution in [-0.4, -0.2) is 74.1 Å². The van der Waals surface area contributed by atoms with Crippen molar-refractivity contribution in [3.8, 4) is 22.5 Å². The van der Waals surface area contributed by atoms with Crippen LogP contribution in [0.15, 0.2) is 66.1 Å². The molecule has 0 saturated heterocycles. The van der Waals surface area contributed by atoms with Gasteiger partial charge in [0.2, 0.25) is 11.5 Å². The highest BCUT2D eigenvalue weighted by atomic mass is 19.4. The van der Waals surface area contributed by atoms with Crippen molar-refractivity contribution in [2.75, 3.05) is 6.54 Å². The van der Waals surface area contributed by atoms with E-state index in [-0.39, 0.29) is 65.0 Å². The van der Waals surface area contributed by atoms with E-state index in [4.69, 9.17) is 0 Å². The van der Waals surface area contributed by atoms with Crippen molar-refractivity contribution in [3.05, 3.63) is 106 Å². The first kappa shape index (κ1) is 38.0. The lowest BCUT2D eigenvalue weighted by Gasteiger charge is -2.37. The van der Waals surface area contributed by atoms with Crippen LogP contribution in [0.4, 0.5) is 30.7 Å². The molecule has 1 aromatic carbocycles. The molecule has 0 radical (unpaired) electrons. The van der Waals surface area contributed by atoms with E-state index in [1.165, 1.54) is 62.3 Å². The summed E-state index contributed by atoms with van der Waals surface area (Å²) in [5.41, 5.74) is -2.70. The molecule has 56 heavy (non-hydrogen) atoms. The Labute approximate surface area is 311 Å². The van der Waals surface area contributed by atoms with Gasteiger partial charge in [0.05, 0.1) is 52.8 Å². The number of hydrogen-bond donors (Lipinski definition) is 2. The van der Waals surface area contributed by atoms with Crippen LogP contribution in [0.5, 0.6) is 0 Å². The van der Waals surface area contributed by atoms with Gasteiger partial charge in [-0.25, -0.2) is 13.5 Å². The molecule has 2 amide bonds. The number of H-pyrrole nitrogens is 1. The molecule has 6 aromatic rings. The summed E-state index contributed by atoms with van der Waals surface area (Å²) in [5.74, 6) is -3.51. The van der Waals surface area contributed by atoms with E-state index in [2.05, 4.69) is 30.7 Å². The SMILES string of the molecule is Cn1cc(-c2cc(C(F)(F)F)nn2CC(C)(C)NC(=O)C(Cc2cnn(C(F)F)c2)N2CCc3c(-c4ncc5[nH]ncc5c4F)ccc(F)c3C2=O)ccc1=O. The highest BCUT2D eigenvalue weighted by molar-refractivity contribution is 6.02. The van der Waals surface area contributed by atoms with Gasteiger partial charge in [0.15, 0.2) is 11.5 Å². The molecule has 0 bridgehead atoms. The Kier molecular flexibility index (Phi) is 9.53. The minimum absolute atomic E-state index is 0.0156. The molecule has 1 unspecified atom stereocenters. The van der Waals surface area contributed by atoms with Crippen molar-refractivity contribution in [1.29, 1.82) is 0 Å². The molecule has 0 fully saturated rings. The molecule has 292 valence electrons. The number of halogens is 7. The first-order valence-electron chi connectivity index (χ1n) is 17.0. The number of pyridine rings is 2. The van der Waals surface area contributed by atoms with Gasteiger partial charge in [0.1, 0.15) is 17.6 Å². The van der Waals surface area contributed by atoms with E-state index in [9.17, 15) is 36.3 Å². The average Bonchev–Trinajstić information content (AvgIpc) is 3.90. The number of fused-ring (bicyclic) bond motifs is 2. The van der Waals surface area contributed by atoms with Gasteiger partial charge in [-0.3, -0.25) is 29.1 Å². The zero-order chi connectivity index (χ0) is 40.3. The number of carbonyl (C=O) groups is 2. The maximum absolute atomic E-state index is 15.6. The molecular formula is C36H31F7N10O3. The maximum Gasteiger partial charge on any atom is 0.435 e. The van der Waals surface area contributed by atoms with Gasteiger partial charge < -0.3 is 14.8 Å². The maximum atomic E-state index is 15.6. The second kappa shape index (κ2) is 14.1. The summed E-state index contributed by atoms with van der Waals surface area (Å²) in [6.45, 7) is -0.582. The van der Waals surface area contributed by atoms with Crippen LogP contribution < -0.4 is 10.9 Å². The van der Waals surface area contributed by atoms with Gasteiger partial charge in [-0.15, -0.1) is 0 Å². The number of aromatic amines is 1. The Balaban J connectivity index is 1.23. The fraction of sp³-hybridized carbons (Fsp3) is 0.306. The van der Waals surface area contributed by atoms with Crippen LogP contribution in [-0.2, 0) is 37.4 Å². The zero-order valence-electron chi connectivity index (χ0n) is 29.7. The normalized spacial score (nSPS) is 14.1. The molecule has 6 heterocycles. The number of hydrogen-bond acceptors (Lipinski definition) is 7. The lowest BCUT2D eigenvalue weighted by atomic mass is 9.89. The van der Waals surface area contributed by atoms with Crippen molar-refractivity contribution >= 4 is 22.7 Å². The quantitative estimate of drug-likeness (QED) is 0.180. The summed E-state index contributed by atoms with van der Waals surface area (Å²) in [6.07, 6.45) is 0.727. The van der Waals surface area contributed by atoms with Crippen molar-refractivity contribution < 1.29 is 40.3 Å². The Morgan fingerprint density at radius 3 is 2.50 bits per heavy atom. The predicted molar refractivity (Wildman–Crippen MR) is 185 cm³/mol. The van der Waals surface area contributed by atoms with Crippen molar-refractivity contribution in [1.82, 2.24) is 49.5 Å². The molecule has 1 aliphatic rings. The van der Waals surface area contributed by atoms with Crippen LogP contribution >= 0.6 is 0 Å². The first-order chi connectivity index (χ1) is 26.4. The first-order valence-corrected chi connectivity index (χ1v) is 17.0. The van der Waals surface area contributed by atoms with E-state index in [1.807, 2.05) is 0 Å². The van der Waals surface area contributed by atoms with Crippen LogP contribution in [0, 0.1) is 11.6 Å². The molecule has 1 atom stereocenters. The minimum Gasteiger partial charge on any atom is -0.348 e. The Hall–Kier alpha value is -6.34.